The summed E-state index contributed by atoms with van der Waals surface area (Å²) < 4.78 is 3.67. The molecule has 0 aliphatic heterocycles. The molecular formula is C17H18Cl3N3O2. The molecule has 0 unspecified atom stereocenters. The van der Waals surface area contributed by atoms with Crippen molar-refractivity contribution in [2.45, 2.75) is 37.9 Å². The fourth-order valence-electron chi connectivity index (χ4n) is 1.80. The Kier molecular flexibility index (Phi) is 5.92. The number of benzene rings is 1. The maximum absolute atomic E-state index is 12.1. The zero-order valence-corrected chi connectivity index (χ0v) is 16.6. The van der Waals surface area contributed by atoms with E-state index < -0.39 is 9.21 Å². The van der Waals surface area contributed by atoms with Gasteiger partial charge in [-0.15, -0.1) is 0 Å². The topological polar surface area (TPSA) is 65.0 Å². The maximum Gasteiger partial charge on any atom is 0.316 e. The highest BCUT2D eigenvalue weighted by atomic mass is 35.6. The van der Waals surface area contributed by atoms with Crippen LogP contribution in [-0.2, 0) is 8.59 Å². The van der Waals surface area contributed by atoms with Crippen molar-refractivity contribution in [2.75, 3.05) is 0 Å². The minimum Gasteiger partial charge on any atom is -0.426 e. The Morgan fingerprint density at radius 3 is 2.20 bits per heavy atom. The molecule has 0 radical (unpaired) electrons. The first-order chi connectivity index (χ1) is 11.5. The third-order valence-corrected chi connectivity index (χ3v) is 4.27. The van der Waals surface area contributed by atoms with Crippen LogP contribution in [0.2, 0.25) is 0 Å². The molecule has 8 heteroatoms. The van der Waals surface area contributed by atoms with Gasteiger partial charge in [0.15, 0.2) is 11.6 Å². The lowest BCUT2D eigenvalue weighted by molar-refractivity contribution is -0.144. The number of esters is 1. The van der Waals surface area contributed by atoms with Crippen molar-refractivity contribution in [1.29, 1.82) is 0 Å². The number of alkyl halides is 3. The molecule has 2 aromatic rings. The highest BCUT2D eigenvalue weighted by Crippen LogP contribution is 2.36. The van der Waals surface area contributed by atoms with Crippen molar-refractivity contribution in [3.05, 3.63) is 35.9 Å². The monoisotopic (exact) mass is 401 g/mol. The zero-order valence-electron chi connectivity index (χ0n) is 14.3. The number of halogens is 3. The molecule has 0 amide bonds. The van der Waals surface area contributed by atoms with Crippen LogP contribution in [0.25, 0.3) is 11.4 Å². The van der Waals surface area contributed by atoms with E-state index in [4.69, 9.17) is 39.5 Å². The second kappa shape index (κ2) is 7.44. The highest BCUT2D eigenvalue weighted by Gasteiger charge is 2.29. The molecule has 0 bridgehead atoms. The van der Waals surface area contributed by atoms with Gasteiger partial charge in [0.1, 0.15) is 11.6 Å². The number of hydrogen-bond acceptors (Lipinski definition) is 5. The maximum atomic E-state index is 12.1. The summed E-state index contributed by atoms with van der Waals surface area (Å²) in [6, 6.07) is 6.82. The molecular weight excluding hydrogens is 385 g/mol. The predicted octanol–water partition coefficient (Wildman–Crippen LogP) is 5.02. The smallest absolute Gasteiger partial charge is 0.316 e. The van der Waals surface area contributed by atoms with Crippen LogP contribution < -0.4 is 4.74 Å². The average Bonchev–Trinajstić information content (AvgIpc) is 2.54. The minimum atomic E-state index is -1.73. The molecule has 0 aliphatic rings. The van der Waals surface area contributed by atoms with Crippen LogP contribution >= 0.6 is 34.8 Å². The number of rotatable bonds is 4. The summed E-state index contributed by atoms with van der Waals surface area (Å²) in [5.41, 5.74) is 0.152. The molecule has 0 aliphatic carbocycles. The standard InChI is InChI=1S/C17H18Cl3N3O2/c1-5-16(3,4)15(24)25-12-8-6-11(7-9-12)13-21-10(2)22-14(23-13)17(18,19)20/h6-9H,5H2,1-4H3. The molecule has 0 fully saturated rings. The Hall–Kier alpha value is -1.43. The molecule has 2 rings (SSSR count). The van der Waals surface area contributed by atoms with Gasteiger partial charge >= 0.3 is 5.97 Å². The van der Waals surface area contributed by atoms with E-state index in [9.17, 15) is 4.79 Å². The lowest BCUT2D eigenvalue weighted by Gasteiger charge is -2.20. The van der Waals surface area contributed by atoms with Crippen molar-refractivity contribution < 1.29 is 9.53 Å². The Bertz CT molecular complexity index is 772. The summed E-state index contributed by atoms with van der Waals surface area (Å²) in [7, 11) is 0. The molecule has 0 saturated carbocycles. The molecule has 25 heavy (non-hydrogen) atoms. The first kappa shape index (κ1) is 19.9. The van der Waals surface area contributed by atoms with Crippen molar-refractivity contribution in [2.24, 2.45) is 5.41 Å². The van der Waals surface area contributed by atoms with E-state index >= 15 is 0 Å². The van der Waals surface area contributed by atoms with Gasteiger partial charge in [0, 0.05) is 5.56 Å². The van der Waals surface area contributed by atoms with Gasteiger partial charge in [-0.25, -0.2) is 15.0 Å². The highest BCUT2D eigenvalue weighted by molar-refractivity contribution is 6.66. The van der Waals surface area contributed by atoms with E-state index in [1.54, 1.807) is 31.2 Å². The summed E-state index contributed by atoms with van der Waals surface area (Å²) in [4.78, 5) is 24.6. The first-order valence-electron chi connectivity index (χ1n) is 7.65. The number of hydrogen-bond donors (Lipinski definition) is 0. The van der Waals surface area contributed by atoms with Gasteiger partial charge in [-0.05, 0) is 51.5 Å². The summed E-state index contributed by atoms with van der Waals surface area (Å²) in [6.07, 6.45) is 0.688. The number of carbonyl (C=O) groups excluding carboxylic acids is 1. The van der Waals surface area contributed by atoms with E-state index in [0.29, 0.717) is 29.4 Å². The first-order valence-corrected chi connectivity index (χ1v) is 8.79. The molecule has 0 saturated heterocycles. The van der Waals surface area contributed by atoms with Crippen molar-refractivity contribution in [1.82, 2.24) is 15.0 Å². The van der Waals surface area contributed by atoms with Gasteiger partial charge in [-0.1, -0.05) is 41.7 Å². The molecule has 134 valence electrons. The fourth-order valence-corrected chi connectivity index (χ4v) is 2.05. The van der Waals surface area contributed by atoms with E-state index in [-0.39, 0.29) is 11.8 Å². The lowest BCUT2D eigenvalue weighted by atomic mass is 9.91. The summed E-state index contributed by atoms with van der Waals surface area (Å²) in [5.74, 6) is 1.03. The van der Waals surface area contributed by atoms with E-state index in [1.165, 1.54) is 0 Å². The van der Waals surface area contributed by atoms with Crippen molar-refractivity contribution in [3.63, 3.8) is 0 Å². The van der Waals surface area contributed by atoms with Gasteiger partial charge in [-0.2, -0.15) is 0 Å². The van der Waals surface area contributed by atoms with Gasteiger partial charge in [0.2, 0.25) is 3.79 Å². The largest absolute Gasteiger partial charge is 0.426 e. The third-order valence-electron chi connectivity index (χ3n) is 3.76. The molecule has 1 aromatic carbocycles. The predicted molar refractivity (Wildman–Crippen MR) is 98.9 cm³/mol. The van der Waals surface area contributed by atoms with Crippen LogP contribution in [0, 0.1) is 12.3 Å². The number of ether oxygens (including phenoxy) is 1. The Balaban J connectivity index is 2.26. The van der Waals surface area contributed by atoms with Crippen LogP contribution in [0.5, 0.6) is 5.75 Å². The zero-order chi connectivity index (χ0) is 18.8. The van der Waals surface area contributed by atoms with E-state index in [0.717, 1.165) is 0 Å². The quantitative estimate of drug-likeness (QED) is 0.408. The Morgan fingerprint density at radius 2 is 1.68 bits per heavy atom. The normalized spacial score (nSPS) is 12.1. The third kappa shape index (κ3) is 5.03. The van der Waals surface area contributed by atoms with Crippen LogP contribution in [0.15, 0.2) is 24.3 Å². The summed E-state index contributed by atoms with van der Waals surface area (Å²) in [5, 5.41) is 0. The molecule has 0 N–H and O–H groups in total. The van der Waals surface area contributed by atoms with Gasteiger partial charge in [0.25, 0.3) is 0 Å². The van der Waals surface area contributed by atoms with Crippen molar-refractivity contribution >= 4 is 40.8 Å². The summed E-state index contributed by atoms with van der Waals surface area (Å²) >= 11 is 17.5. The van der Waals surface area contributed by atoms with Gasteiger partial charge in [0.05, 0.1) is 5.41 Å². The van der Waals surface area contributed by atoms with Crippen LogP contribution in [0.4, 0.5) is 0 Å². The number of carbonyl (C=O) groups is 1. The van der Waals surface area contributed by atoms with Crippen LogP contribution in [0.1, 0.15) is 38.8 Å². The molecule has 0 atom stereocenters. The van der Waals surface area contributed by atoms with Crippen LogP contribution in [0.3, 0.4) is 0 Å². The molecule has 5 nitrogen and oxygen atoms in total. The van der Waals surface area contributed by atoms with Crippen LogP contribution in [-0.4, -0.2) is 20.9 Å². The molecule has 0 spiro atoms. The van der Waals surface area contributed by atoms with Crippen molar-refractivity contribution in [3.8, 4) is 17.1 Å². The lowest BCUT2D eigenvalue weighted by Crippen LogP contribution is -2.28. The molecule has 1 heterocycles. The van der Waals surface area contributed by atoms with Gasteiger partial charge in [-0.3, -0.25) is 4.79 Å². The second-order valence-electron chi connectivity index (χ2n) is 6.18. The van der Waals surface area contributed by atoms with E-state index in [2.05, 4.69) is 15.0 Å². The fraction of sp³-hybridized carbons (Fsp3) is 0.412. The summed E-state index contributed by atoms with van der Waals surface area (Å²) in [6.45, 7) is 7.31. The second-order valence-corrected chi connectivity index (χ2v) is 8.46. The SMILES string of the molecule is CCC(C)(C)C(=O)Oc1ccc(-c2nc(C)nc(C(Cl)(Cl)Cl)n2)cc1. The Morgan fingerprint density at radius 1 is 1.08 bits per heavy atom. The Labute approximate surface area is 161 Å². The number of aryl methyl sites for hydroxylation is 1. The van der Waals surface area contributed by atoms with E-state index in [1.807, 2.05) is 20.8 Å². The number of nitrogens with zero attached hydrogens (tertiary/aromatic N) is 3. The van der Waals surface area contributed by atoms with Gasteiger partial charge < -0.3 is 4.74 Å². The number of aromatic nitrogens is 3. The minimum absolute atomic E-state index is 0.0557. The average molecular weight is 403 g/mol. The molecule has 1 aromatic heterocycles.